The maximum Gasteiger partial charge on any atom is 0.0414 e. The van der Waals surface area contributed by atoms with Crippen LogP contribution in [0.3, 0.4) is 0 Å². The molecule has 0 aromatic heterocycles. The number of nitrogens with one attached hydrogen (secondary N) is 1. The largest absolute Gasteiger partial charge is 0.371 e. The summed E-state index contributed by atoms with van der Waals surface area (Å²) in [6, 6.07) is 8.90. The van der Waals surface area contributed by atoms with Crippen LogP contribution in [-0.2, 0) is 0 Å². The molecule has 1 aromatic rings. The van der Waals surface area contributed by atoms with Crippen LogP contribution >= 0.6 is 0 Å². The van der Waals surface area contributed by atoms with Gasteiger partial charge in [-0.2, -0.15) is 0 Å². The maximum atomic E-state index is 3.78. The van der Waals surface area contributed by atoms with E-state index in [2.05, 4.69) is 62.0 Å². The Labute approximate surface area is 99.0 Å². The van der Waals surface area contributed by atoms with Crippen molar-refractivity contribution in [2.24, 2.45) is 0 Å². The third-order valence-corrected chi connectivity index (χ3v) is 2.73. The summed E-state index contributed by atoms with van der Waals surface area (Å²) in [5.41, 5.74) is 2.62. The van der Waals surface area contributed by atoms with Crippen molar-refractivity contribution in [3.8, 4) is 0 Å². The highest BCUT2D eigenvalue weighted by atomic mass is 15.1. The van der Waals surface area contributed by atoms with Gasteiger partial charge in [-0.25, -0.2) is 0 Å². The van der Waals surface area contributed by atoms with E-state index >= 15 is 0 Å². The van der Waals surface area contributed by atoms with Crippen molar-refractivity contribution in [1.29, 1.82) is 0 Å². The molecule has 1 N–H and O–H groups in total. The van der Waals surface area contributed by atoms with Gasteiger partial charge in [-0.1, -0.05) is 31.2 Å². The van der Waals surface area contributed by atoms with Crippen molar-refractivity contribution in [3.05, 3.63) is 42.5 Å². The van der Waals surface area contributed by atoms with Crippen LogP contribution in [0.5, 0.6) is 0 Å². The number of benzene rings is 1. The minimum Gasteiger partial charge on any atom is -0.371 e. The zero-order valence-electron chi connectivity index (χ0n) is 10.5. The highest BCUT2D eigenvalue weighted by Crippen LogP contribution is 2.25. The fourth-order valence-corrected chi connectivity index (χ4v) is 1.91. The molecule has 0 spiro atoms. The highest BCUT2D eigenvalue weighted by molar-refractivity contribution is 5.54. The topological polar surface area (TPSA) is 15.3 Å². The van der Waals surface area contributed by atoms with E-state index in [0.29, 0.717) is 6.04 Å². The fourth-order valence-electron chi connectivity index (χ4n) is 1.91. The lowest BCUT2D eigenvalue weighted by atomic mass is 10.1. The molecule has 0 saturated carbocycles. The molecule has 16 heavy (non-hydrogen) atoms. The van der Waals surface area contributed by atoms with Crippen LogP contribution < -0.4 is 10.2 Å². The van der Waals surface area contributed by atoms with Crippen LogP contribution in [0.25, 0.3) is 0 Å². The smallest absolute Gasteiger partial charge is 0.0414 e. The van der Waals surface area contributed by atoms with Crippen LogP contribution in [0.15, 0.2) is 36.9 Å². The zero-order chi connectivity index (χ0) is 12.0. The first-order valence-electron chi connectivity index (χ1n) is 5.85. The molecule has 1 atom stereocenters. The van der Waals surface area contributed by atoms with E-state index in [1.165, 1.54) is 11.3 Å². The van der Waals surface area contributed by atoms with E-state index < -0.39 is 0 Å². The molecule has 0 aliphatic heterocycles. The second-order valence-electron chi connectivity index (χ2n) is 4.01. The van der Waals surface area contributed by atoms with Gasteiger partial charge < -0.3 is 10.2 Å². The number of hydrogen-bond acceptors (Lipinski definition) is 2. The van der Waals surface area contributed by atoms with Gasteiger partial charge in [0.1, 0.15) is 0 Å². The van der Waals surface area contributed by atoms with Crippen LogP contribution in [-0.4, -0.2) is 20.1 Å². The number of rotatable bonds is 6. The van der Waals surface area contributed by atoms with E-state index in [0.717, 1.165) is 13.1 Å². The van der Waals surface area contributed by atoms with Gasteiger partial charge in [0.25, 0.3) is 0 Å². The third-order valence-electron chi connectivity index (χ3n) is 2.73. The Kier molecular flexibility index (Phi) is 5.06. The monoisotopic (exact) mass is 218 g/mol. The minimum absolute atomic E-state index is 0.383. The third kappa shape index (κ3) is 3.11. The molecule has 0 aliphatic carbocycles. The Bertz CT molecular complexity index is 333. The van der Waals surface area contributed by atoms with Gasteiger partial charge in [-0.05, 0) is 25.1 Å². The first-order valence-corrected chi connectivity index (χ1v) is 5.85. The molecule has 2 heteroatoms. The molecule has 0 bridgehead atoms. The summed E-state index contributed by atoms with van der Waals surface area (Å²) in [5.74, 6) is 0. The summed E-state index contributed by atoms with van der Waals surface area (Å²) in [6.45, 7) is 9.97. The molecule has 1 aromatic carbocycles. The van der Waals surface area contributed by atoms with E-state index in [4.69, 9.17) is 0 Å². The summed E-state index contributed by atoms with van der Waals surface area (Å²) >= 11 is 0. The summed E-state index contributed by atoms with van der Waals surface area (Å²) in [6.07, 6.45) is 1.93. The standard InChI is InChI=1S/C14H22N2/c1-5-11-16(4)14-10-8-7-9-13(14)12(3)15-6-2/h5,7-10,12,15H,1,6,11H2,2-4H3. The van der Waals surface area contributed by atoms with Crippen LogP contribution in [0.1, 0.15) is 25.5 Å². The number of nitrogens with zero attached hydrogens (tertiary/aromatic N) is 1. The maximum absolute atomic E-state index is 3.78. The summed E-state index contributed by atoms with van der Waals surface area (Å²) < 4.78 is 0. The normalized spacial score (nSPS) is 12.2. The predicted molar refractivity (Wildman–Crippen MR) is 72.0 cm³/mol. The number of likely N-dealkylation sites (N-methyl/N-ethyl adjacent to an activating group) is 1. The molecule has 1 rings (SSSR count). The van der Waals surface area contributed by atoms with E-state index in [1.807, 2.05) is 6.08 Å². The Hall–Kier alpha value is -1.28. The van der Waals surface area contributed by atoms with Gasteiger partial charge in [0, 0.05) is 25.3 Å². The lowest BCUT2D eigenvalue weighted by Crippen LogP contribution is -2.23. The fraction of sp³-hybridized carbons (Fsp3) is 0.429. The van der Waals surface area contributed by atoms with Gasteiger partial charge in [-0.3, -0.25) is 0 Å². The molecule has 1 unspecified atom stereocenters. The number of hydrogen-bond donors (Lipinski definition) is 1. The SMILES string of the molecule is C=CCN(C)c1ccccc1C(C)NCC. The van der Waals surface area contributed by atoms with Crippen LogP contribution in [0.4, 0.5) is 5.69 Å². The number of para-hydroxylation sites is 1. The Morgan fingerprint density at radius 3 is 2.75 bits per heavy atom. The Morgan fingerprint density at radius 2 is 2.12 bits per heavy atom. The van der Waals surface area contributed by atoms with Crippen LogP contribution in [0.2, 0.25) is 0 Å². The van der Waals surface area contributed by atoms with Crippen molar-refractivity contribution < 1.29 is 0 Å². The van der Waals surface area contributed by atoms with Gasteiger partial charge in [0.05, 0.1) is 0 Å². The van der Waals surface area contributed by atoms with Crippen molar-refractivity contribution in [1.82, 2.24) is 5.32 Å². The van der Waals surface area contributed by atoms with E-state index in [1.54, 1.807) is 0 Å². The van der Waals surface area contributed by atoms with Gasteiger partial charge in [0.2, 0.25) is 0 Å². The molecule has 0 amide bonds. The van der Waals surface area contributed by atoms with Crippen molar-refractivity contribution in [2.45, 2.75) is 19.9 Å². The Morgan fingerprint density at radius 1 is 1.44 bits per heavy atom. The lowest BCUT2D eigenvalue weighted by Gasteiger charge is -2.24. The van der Waals surface area contributed by atoms with Gasteiger partial charge in [0.15, 0.2) is 0 Å². The van der Waals surface area contributed by atoms with Crippen molar-refractivity contribution in [3.63, 3.8) is 0 Å². The average Bonchev–Trinajstić information content (AvgIpc) is 2.30. The number of anilines is 1. The average molecular weight is 218 g/mol. The summed E-state index contributed by atoms with van der Waals surface area (Å²) in [7, 11) is 2.10. The first kappa shape index (κ1) is 12.8. The molecule has 0 heterocycles. The molecule has 88 valence electrons. The van der Waals surface area contributed by atoms with Crippen LogP contribution in [0, 0.1) is 0 Å². The predicted octanol–water partition coefficient (Wildman–Crippen LogP) is 2.98. The molecule has 0 saturated heterocycles. The molecule has 2 nitrogen and oxygen atoms in total. The lowest BCUT2D eigenvalue weighted by molar-refractivity contribution is 0.597. The van der Waals surface area contributed by atoms with Crippen molar-refractivity contribution in [2.75, 3.05) is 25.0 Å². The molecule has 0 fully saturated rings. The molecular weight excluding hydrogens is 196 g/mol. The van der Waals surface area contributed by atoms with Gasteiger partial charge in [-0.15, -0.1) is 6.58 Å². The minimum atomic E-state index is 0.383. The molecular formula is C14H22N2. The summed E-state index contributed by atoms with van der Waals surface area (Å²) in [5, 5.41) is 3.45. The quantitative estimate of drug-likeness (QED) is 0.738. The summed E-state index contributed by atoms with van der Waals surface area (Å²) in [4.78, 5) is 2.22. The van der Waals surface area contributed by atoms with Gasteiger partial charge >= 0.3 is 0 Å². The first-order chi connectivity index (χ1) is 7.70. The molecule has 0 aliphatic rings. The second kappa shape index (κ2) is 6.33. The second-order valence-corrected chi connectivity index (χ2v) is 4.01. The van der Waals surface area contributed by atoms with E-state index in [-0.39, 0.29) is 0 Å². The highest BCUT2D eigenvalue weighted by Gasteiger charge is 2.10. The Balaban J connectivity index is 2.94. The van der Waals surface area contributed by atoms with E-state index in [9.17, 15) is 0 Å². The van der Waals surface area contributed by atoms with Crippen molar-refractivity contribution >= 4 is 5.69 Å². The zero-order valence-corrected chi connectivity index (χ0v) is 10.5. The molecule has 0 radical (unpaired) electrons.